The summed E-state index contributed by atoms with van der Waals surface area (Å²) in [7, 11) is 0. The van der Waals surface area contributed by atoms with Crippen molar-refractivity contribution in [1.82, 2.24) is 9.78 Å². The topological polar surface area (TPSA) is 58.4 Å². The van der Waals surface area contributed by atoms with Gasteiger partial charge in [-0.25, -0.2) is 4.68 Å². The Hall–Kier alpha value is -1.01. The molecule has 0 saturated carbocycles. The Kier molecular flexibility index (Phi) is 2.22. The Morgan fingerprint density at radius 2 is 2.44 bits per heavy atom. The van der Waals surface area contributed by atoms with Gasteiger partial charge in [-0.3, -0.25) is 9.69 Å². The predicted molar refractivity (Wildman–Crippen MR) is 61.5 cm³/mol. The largest absolute Gasteiger partial charge is 0.379 e. The molecule has 1 unspecified atom stereocenters. The van der Waals surface area contributed by atoms with E-state index in [9.17, 15) is 9.90 Å². The van der Waals surface area contributed by atoms with E-state index in [0.717, 1.165) is 18.1 Å². The fraction of sp³-hybridized carbons (Fsp3) is 0.600. The minimum Gasteiger partial charge on any atom is -0.379 e. The number of carbonyl (C=O) groups excluding carboxylic acids is 1. The molecule has 1 aromatic rings. The van der Waals surface area contributed by atoms with Crippen LogP contribution in [-0.4, -0.2) is 44.4 Å². The summed E-state index contributed by atoms with van der Waals surface area (Å²) < 4.78 is 1.79. The van der Waals surface area contributed by atoms with Crippen LogP contribution in [-0.2, 0) is 11.3 Å². The molecule has 1 amide bonds. The predicted octanol–water partition coefficient (Wildman–Crippen LogP) is 0.0977. The lowest BCUT2D eigenvalue weighted by atomic mass is 10.0. The molecule has 0 bridgehead atoms. The normalized spacial score (nSPS) is 28.4. The van der Waals surface area contributed by atoms with Crippen molar-refractivity contribution in [3.63, 3.8) is 0 Å². The van der Waals surface area contributed by atoms with E-state index < -0.39 is 5.60 Å². The van der Waals surface area contributed by atoms with Crippen LogP contribution in [0, 0.1) is 0 Å². The molecule has 1 aromatic heterocycles. The summed E-state index contributed by atoms with van der Waals surface area (Å²) >= 11 is 1.63. The Morgan fingerprint density at radius 3 is 3.19 bits per heavy atom. The molecule has 0 aliphatic carbocycles. The van der Waals surface area contributed by atoms with E-state index in [0.29, 0.717) is 18.7 Å². The lowest BCUT2D eigenvalue weighted by molar-refractivity contribution is -0.134. The molecule has 1 atom stereocenters. The first kappa shape index (κ1) is 10.2. The summed E-state index contributed by atoms with van der Waals surface area (Å²) in [4.78, 5) is 13.9. The zero-order chi connectivity index (χ0) is 11.2. The molecule has 3 heterocycles. The standard InChI is InChI=1S/C10H13N3O2S/c14-9(10(15)2-6-16-7-10)12-4-5-13-8(12)1-3-11-13/h1,3,15H,2,4-7H2. The molecule has 0 radical (unpaired) electrons. The molecule has 6 heteroatoms. The third kappa shape index (κ3) is 1.36. The number of fused-ring (bicyclic) bond motifs is 1. The summed E-state index contributed by atoms with van der Waals surface area (Å²) in [6.45, 7) is 1.34. The van der Waals surface area contributed by atoms with Crippen LogP contribution in [0.1, 0.15) is 6.42 Å². The van der Waals surface area contributed by atoms with E-state index in [2.05, 4.69) is 5.10 Å². The number of aromatic nitrogens is 2. The van der Waals surface area contributed by atoms with Crippen molar-refractivity contribution in [1.29, 1.82) is 0 Å². The van der Waals surface area contributed by atoms with Crippen molar-refractivity contribution in [2.75, 3.05) is 23.0 Å². The molecule has 1 fully saturated rings. The van der Waals surface area contributed by atoms with Crippen molar-refractivity contribution in [3.05, 3.63) is 12.3 Å². The maximum atomic E-state index is 12.3. The average Bonchev–Trinajstić information content (AvgIpc) is 2.91. The molecule has 1 saturated heterocycles. The van der Waals surface area contributed by atoms with E-state index in [1.54, 1.807) is 27.5 Å². The van der Waals surface area contributed by atoms with Crippen molar-refractivity contribution < 1.29 is 9.90 Å². The van der Waals surface area contributed by atoms with Crippen LogP contribution < -0.4 is 4.90 Å². The number of hydrogen-bond donors (Lipinski definition) is 1. The quantitative estimate of drug-likeness (QED) is 0.755. The first-order valence-electron chi connectivity index (χ1n) is 5.35. The number of nitrogens with zero attached hydrogens (tertiary/aromatic N) is 3. The molecule has 16 heavy (non-hydrogen) atoms. The first-order chi connectivity index (χ1) is 7.71. The van der Waals surface area contributed by atoms with Gasteiger partial charge in [0.15, 0.2) is 5.60 Å². The minimum absolute atomic E-state index is 0.170. The fourth-order valence-electron chi connectivity index (χ4n) is 2.22. The summed E-state index contributed by atoms with van der Waals surface area (Å²) in [5.41, 5.74) is -1.16. The number of anilines is 1. The highest BCUT2D eigenvalue weighted by Gasteiger charge is 2.44. The van der Waals surface area contributed by atoms with Gasteiger partial charge in [0.2, 0.25) is 0 Å². The molecule has 0 aromatic carbocycles. The van der Waals surface area contributed by atoms with E-state index in [-0.39, 0.29) is 5.91 Å². The second-order valence-electron chi connectivity index (χ2n) is 4.20. The minimum atomic E-state index is -1.16. The number of thioether (sulfide) groups is 1. The van der Waals surface area contributed by atoms with E-state index in [1.165, 1.54) is 0 Å². The molecule has 5 nitrogen and oxygen atoms in total. The second kappa shape index (κ2) is 3.49. The fourth-order valence-corrected chi connectivity index (χ4v) is 3.45. The molecule has 0 spiro atoms. The third-order valence-electron chi connectivity index (χ3n) is 3.15. The first-order valence-corrected chi connectivity index (χ1v) is 6.50. The van der Waals surface area contributed by atoms with Gasteiger partial charge >= 0.3 is 0 Å². The number of rotatable bonds is 1. The van der Waals surface area contributed by atoms with E-state index in [1.807, 2.05) is 6.07 Å². The van der Waals surface area contributed by atoms with Crippen LogP contribution in [0.25, 0.3) is 0 Å². The highest BCUT2D eigenvalue weighted by Crippen LogP contribution is 2.32. The summed E-state index contributed by atoms with van der Waals surface area (Å²) in [5.74, 6) is 2.00. The maximum Gasteiger partial charge on any atom is 0.261 e. The van der Waals surface area contributed by atoms with Gasteiger partial charge in [-0.15, -0.1) is 0 Å². The number of aliphatic hydroxyl groups is 1. The van der Waals surface area contributed by atoms with E-state index >= 15 is 0 Å². The van der Waals surface area contributed by atoms with Gasteiger partial charge in [-0.2, -0.15) is 16.9 Å². The SMILES string of the molecule is O=C(N1CCn2nccc21)C1(O)CCSC1. The van der Waals surface area contributed by atoms with Gasteiger partial charge in [0.25, 0.3) is 5.91 Å². The number of amides is 1. The number of carbonyl (C=O) groups is 1. The van der Waals surface area contributed by atoms with Crippen LogP contribution >= 0.6 is 11.8 Å². The molecule has 2 aliphatic rings. The van der Waals surface area contributed by atoms with Gasteiger partial charge in [0.1, 0.15) is 5.82 Å². The second-order valence-corrected chi connectivity index (χ2v) is 5.31. The van der Waals surface area contributed by atoms with Gasteiger partial charge in [0, 0.05) is 18.4 Å². The van der Waals surface area contributed by atoms with Crippen LogP contribution in [0.5, 0.6) is 0 Å². The zero-order valence-corrected chi connectivity index (χ0v) is 9.61. The summed E-state index contributed by atoms with van der Waals surface area (Å²) in [5, 5.41) is 14.4. The molecule has 1 N–H and O–H groups in total. The van der Waals surface area contributed by atoms with Crippen molar-refractivity contribution >= 4 is 23.5 Å². The molecular weight excluding hydrogens is 226 g/mol. The van der Waals surface area contributed by atoms with Gasteiger partial charge in [-0.1, -0.05) is 0 Å². The lowest BCUT2D eigenvalue weighted by Gasteiger charge is -2.25. The van der Waals surface area contributed by atoms with Gasteiger partial charge in [0.05, 0.1) is 12.7 Å². The van der Waals surface area contributed by atoms with Crippen LogP contribution in [0.3, 0.4) is 0 Å². The van der Waals surface area contributed by atoms with Gasteiger partial charge < -0.3 is 5.11 Å². The van der Waals surface area contributed by atoms with Crippen LogP contribution in [0.4, 0.5) is 5.82 Å². The highest BCUT2D eigenvalue weighted by atomic mass is 32.2. The van der Waals surface area contributed by atoms with Crippen LogP contribution in [0.15, 0.2) is 12.3 Å². The molecule has 3 rings (SSSR count). The molecule has 2 aliphatic heterocycles. The summed E-state index contributed by atoms with van der Waals surface area (Å²) in [6.07, 6.45) is 2.24. The Bertz CT molecular complexity index is 425. The van der Waals surface area contributed by atoms with Crippen molar-refractivity contribution in [2.45, 2.75) is 18.6 Å². The monoisotopic (exact) mass is 239 g/mol. The van der Waals surface area contributed by atoms with Crippen molar-refractivity contribution in [2.24, 2.45) is 0 Å². The number of hydrogen-bond acceptors (Lipinski definition) is 4. The summed E-state index contributed by atoms with van der Waals surface area (Å²) in [6, 6.07) is 1.82. The Labute approximate surface area is 97.4 Å². The van der Waals surface area contributed by atoms with Gasteiger partial charge in [-0.05, 0) is 12.2 Å². The van der Waals surface area contributed by atoms with E-state index in [4.69, 9.17) is 0 Å². The Balaban J connectivity index is 1.87. The van der Waals surface area contributed by atoms with Crippen LogP contribution in [0.2, 0.25) is 0 Å². The average molecular weight is 239 g/mol. The maximum absolute atomic E-state index is 12.3. The third-order valence-corrected chi connectivity index (χ3v) is 4.32. The molecular formula is C10H13N3O2S. The zero-order valence-electron chi connectivity index (χ0n) is 8.80. The lowest BCUT2D eigenvalue weighted by Crippen LogP contribution is -2.48. The Morgan fingerprint density at radius 1 is 1.56 bits per heavy atom. The van der Waals surface area contributed by atoms with Crippen molar-refractivity contribution in [3.8, 4) is 0 Å². The molecule has 86 valence electrons. The smallest absolute Gasteiger partial charge is 0.261 e. The highest BCUT2D eigenvalue weighted by molar-refractivity contribution is 7.99.